The zero-order valence-corrected chi connectivity index (χ0v) is 13.4. The Balaban J connectivity index is 1.74. The van der Waals surface area contributed by atoms with Crippen LogP contribution < -0.4 is 4.72 Å². The second kappa shape index (κ2) is 8.00. The van der Waals surface area contributed by atoms with Crippen LogP contribution in [0.4, 0.5) is 0 Å². The van der Waals surface area contributed by atoms with Gasteiger partial charge < -0.3 is 4.74 Å². The van der Waals surface area contributed by atoms with Gasteiger partial charge in [-0.15, -0.1) is 0 Å². The molecule has 1 atom stereocenters. The summed E-state index contributed by atoms with van der Waals surface area (Å²) in [5.41, 5.74) is 0.992. The second-order valence-corrected chi connectivity index (χ2v) is 8.02. The van der Waals surface area contributed by atoms with E-state index in [1.165, 1.54) is 4.31 Å². The summed E-state index contributed by atoms with van der Waals surface area (Å²) in [4.78, 5) is 0. The van der Waals surface area contributed by atoms with Gasteiger partial charge in [0.15, 0.2) is 0 Å². The standard InChI is InChI=1S/C13H20N2O4S2/c16-20(12-13-4-2-1-3-5-13)11-6-14-21(17,18)15-7-9-19-10-8-15/h1-5,14H,6-12H2/t20-/m0/s1. The molecule has 0 unspecified atom stereocenters. The van der Waals surface area contributed by atoms with Crippen molar-refractivity contribution in [3.05, 3.63) is 35.9 Å². The van der Waals surface area contributed by atoms with E-state index in [2.05, 4.69) is 4.72 Å². The van der Waals surface area contributed by atoms with Crippen LogP contribution in [0, 0.1) is 0 Å². The third-order valence-corrected chi connectivity index (χ3v) is 6.02. The van der Waals surface area contributed by atoms with Crippen LogP contribution in [0.15, 0.2) is 30.3 Å². The minimum absolute atomic E-state index is 0.180. The first kappa shape index (κ1) is 16.6. The molecule has 0 spiro atoms. The van der Waals surface area contributed by atoms with E-state index in [1.54, 1.807) is 0 Å². The Morgan fingerprint density at radius 2 is 1.86 bits per heavy atom. The highest BCUT2D eigenvalue weighted by Crippen LogP contribution is 2.04. The lowest BCUT2D eigenvalue weighted by Crippen LogP contribution is -2.47. The molecule has 1 aromatic carbocycles. The van der Waals surface area contributed by atoms with Gasteiger partial charge in [-0.3, -0.25) is 4.21 Å². The van der Waals surface area contributed by atoms with E-state index in [0.29, 0.717) is 37.8 Å². The number of ether oxygens (including phenoxy) is 1. The van der Waals surface area contributed by atoms with Crippen LogP contribution in [0.1, 0.15) is 5.56 Å². The molecule has 1 aliphatic heterocycles. The van der Waals surface area contributed by atoms with Crippen LogP contribution in [0.2, 0.25) is 0 Å². The van der Waals surface area contributed by atoms with Crippen LogP contribution in [0.5, 0.6) is 0 Å². The van der Waals surface area contributed by atoms with Gasteiger partial charge in [0.05, 0.1) is 13.2 Å². The molecule has 6 nitrogen and oxygen atoms in total. The van der Waals surface area contributed by atoms with Gasteiger partial charge in [0.1, 0.15) is 0 Å². The molecule has 1 aliphatic rings. The summed E-state index contributed by atoms with van der Waals surface area (Å²) in [6.07, 6.45) is 0. The number of rotatable bonds is 7. The third kappa shape index (κ3) is 5.48. The van der Waals surface area contributed by atoms with E-state index < -0.39 is 21.0 Å². The number of morpholine rings is 1. The Hall–Kier alpha value is -0.800. The molecule has 21 heavy (non-hydrogen) atoms. The van der Waals surface area contributed by atoms with Crippen molar-refractivity contribution in [1.82, 2.24) is 9.03 Å². The van der Waals surface area contributed by atoms with Crippen molar-refractivity contribution < 1.29 is 17.4 Å². The molecule has 1 saturated heterocycles. The quantitative estimate of drug-likeness (QED) is 0.768. The molecular formula is C13H20N2O4S2. The van der Waals surface area contributed by atoms with Crippen LogP contribution in [-0.2, 0) is 31.5 Å². The van der Waals surface area contributed by atoms with Crippen molar-refractivity contribution in [3.63, 3.8) is 0 Å². The average molecular weight is 332 g/mol. The van der Waals surface area contributed by atoms with E-state index in [1.807, 2.05) is 30.3 Å². The number of nitrogens with zero attached hydrogens (tertiary/aromatic N) is 1. The molecule has 2 rings (SSSR count). The molecule has 118 valence electrons. The number of hydrogen-bond donors (Lipinski definition) is 1. The molecule has 0 bridgehead atoms. The van der Waals surface area contributed by atoms with Gasteiger partial charge in [0.2, 0.25) is 0 Å². The molecule has 0 saturated carbocycles. The van der Waals surface area contributed by atoms with Crippen molar-refractivity contribution in [3.8, 4) is 0 Å². The molecule has 8 heteroatoms. The van der Waals surface area contributed by atoms with Gasteiger partial charge in [-0.05, 0) is 5.56 Å². The topological polar surface area (TPSA) is 75.7 Å². The monoisotopic (exact) mass is 332 g/mol. The lowest BCUT2D eigenvalue weighted by molar-refractivity contribution is 0.0725. The molecule has 1 fully saturated rings. The van der Waals surface area contributed by atoms with Gasteiger partial charge in [-0.25, -0.2) is 4.72 Å². The van der Waals surface area contributed by atoms with Crippen molar-refractivity contribution in [1.29, 1.82) is 0 Å². The fourth-order valence-electron chi connectivity index (χ4n) is 2.00. The maximum atomic E-state index is 12.0. The zero-order valence-electron chi connectivity index (χ0n) is 11.7. The molecule has 0 aromatic heterocycles. The first-order chi connectivity index (χ1) is 10.1. The molecule has 1 heterocycles. The Morgan fingerprint density at radius 3 is 2.52 bits per heavy atom. The molecule has 0 aliphatic carbocycles. The normalized spacial score (nSPS) is 18.5. The van der Waals surface area contributed by atoms with Gasteiger partial charge >= 0.3 is 0 Å². The molecule has 1 aromatic rings. The third-order valence-electron chi connectivity index (χ3n) is 3.09. The van der Waals surface area contributed by atoms with E-state index >= 15 is 0 Å². The maximum absolute atomic E-state index is 12.0. The van der Waals surface area contributed by atoms with Crippen molar-refractivity contribution >= 4 is 21.0 Å². The minimum atomic E-state index is -3.48. The second-order valence-electron chi connectivity index (χ2n) is 4.68. The fourth-order valence-corrected chi connectivity index (χ4v) is 4.33. The number of hydrogen-bond acceptors (Lipinski definition) is 4. The number of benzene rings is 1. The predicted octanol–water partition coefficient (Wildman–Crippen LogP) is 0.102. The molecule has 0 amide bonds. The summed E-state index contributed by atoms with van der Waals surface area (Å²) in [5.74, 6) is 0.749. The van der Waals surface area contributed by atoms with Crippen LogP contribution in [-0.4, -0.2) is 55.5 Å². The Labute approximate surface area is 128 Å². The van der Waals surface area contributed by atoms with Crippen molar-refractivity contribution in [2.45, 2.75) is 5.75 Å². The predicted molar refractivity (Wildman–Crippen MR) is 82.5 cm³/mol. The van der Waals surface area contributed by atoms with Crippen LogP contribution in [0.3, 0.4) is 0 Å². The summed E-state index contributed by atoms with van der Waals surface area (Å²) >= 11 is 0. The first-order valence-corrected chi connectivity index (χ1v) is 9.72. The Bertz CT molecular complexity index is 557. The van der Waals surface area contributed by atoms with Crippen LogP contribution in [0.25, 0.3) is 0 Å². The van der Waals surface area contributed by atoms with Gasteiger partial charge in [0, 0.05) is 41.9 Å². The maximum Gasteiger partial charge on any atom is 0.279 e. The molecule has 0 radical (unpaired) electrons. The smallest absolute Gasteiger partial charge is 0.279 e. The molecule has 1 N–H and O–H groups in total. The highest BCUT2D eigenvalue weighted by Gasteiger charge is 2.23. The van der Waals surface area contributed by atoms with Gasteiger partial charge in [-0.2, -0.15) is 12.7 Å². The zero-order chi connectivity index (χ0) is 15.1. The van der Waals surface area contributed by atoms with Gasteiger partial charge in [0.25, 0.3) is 10.2 Å². The largest absolute Gasteiger partial charge is 0.379 e. The minimum Gasteiger partial charge on any atom is -0.379 e. The van der Waals surface area contributed by atoms with E-state index in [-0.39, 0.29) is 6.54 Å². The average Bonchev–Trinajstić information content (AvgIpc) is 2.49. The number of nitrogens with one attached hydrogen (secondary N) is 1. The Morgan fingerprint density at radius 1 is 1.19 bits per heavy atom. The summed E-state index contributed by atoms with van der Waals surface area (Å²) < 4.78 is 44.9. The van der Waals surface area contributed by atoms with Gasteiger partial charge in [-0.1, -0.05) is 30.3 Å². The van der Waals surface area contributed by atoms with E-state index in [0.717, 1.165) is 5.56 Å². The highest BCUT2D eigenvalue weighted by atomic mass is 32.2. The van der Waals surface area contributed by atoms with Crippen molar-refractivity contribution in [2.24, 2.45) is 0 Å². The molecular weight excluding hydrogens is 312 g/mol. The van der Waals surface area contributed by atoms with Crippen LogP contribution >= 0.6 is 0 Å². The Kier molecular flexibility index (Phi) is 6.31. The SMILES string of the molecule is O=[S@@](CCNS(=O)(=O)N1CCOCC1)Cc1ccccc1. The summed E-state index contributed by atoms with van der Waals surface area (Å²) in [6, 6.07) is 9.52. The first-order valence-electron chi connectivity index (χ1n) is 6.79. The highest BCUT2D eigenvalue weighted by molar-refractivity contribution is 7.87. The summed E-state index contributed by atoms with van der Waals surface area (Å²) in [7, 11) is -4.56. The van der Waals surface area contributed by atoms with Crippen molar-refractivity contribution in [2.75, 3.05) is 38.6 Å². The lowest BCUT2D eigenvalue weighted by Gasteiger charge is -2.26. The summed E-state index contributed by atoms with van der Waals surface area (Å²) in [6.45, 7) is 1.74. The fraction of sp³-hybridized carbons (Fsp3) is 0.538. The van der Waals surface area contributed by atoms with E-state index in [4.69, 9.17) is 4.74 Å². The van der Waals surface area contributed by atoms with E-state index in [9.17, 15) is 12.6 Å². The summed E-state index contributed by atoms with van der Waals surface area (Å²) in [5, 5.41) is 0. The lowest BCUT2D eigenvalue weighted by atomic mass is 10.2.